The number of aromatic nitrogens is 1. The van der Waals surface area contributed by atoms with Gasteiger partial charge in [-0.3, -0.25) is 9.59 Å². The van der Waals surface area contributed by atoms with Gasteiger partial charge in [0.2, 0.25) is 0 Å². The van der Waals surface area contributed by atoms with Gasteiger partial charge >= 0.3 is 5.97 Å². The van der Waals surface area contributed by atoms with E-state index in [1.165, 1.54) is 11.3 Å². The van der Waals surface area contributed by atoms with Crippen LogP contribution in [-0.4, -0.2) is 52.8 Å². The molecule has 4 N–H and O–H groups in total. The van der Waals surface area contributed by atoms with Crippen LogP contribution in [0.5, 0.6) is 0 Å². The lowest BCUT2D eigenvalue weighted by Crippen LogP contribution is -2.21. The molecule has 2 heterocycles. The lowest BCUT2D eigenvalue weighted by atomic mass is 10.1. The first-order valence-corrected chi connectivity index (χ1v) is 10.0. The molecule has 1 saturated heterocycles. The van der Waals surface area contributed by atoms with Crippen LogP contribution in [0.15, 0.2) is 42.5 Å². The standard InChI is InChI=1S/C20H20N4O4S/c25-15-7-8-24(11-15)20-23-18(21-10-16(26)27)17(29-20)19(28)22-14-6-5-12-3-1-2-4-13(12)9-14/h1-6,9,15,21,25H,7-8,10-11H2,(H,22,28)(H,26,27)/t15-/m0/s1. The molecule has 3 aromatic rings. The van der Waals surface area contributed by atoms with Gasteiger partial charge in [-0.2, -0.15) is 0 Å². The minimum atomic E-state index is -1.04. The Labute approximate surface area is 170 Å². The highest BCUT2D eigenvalue weighted by molar-refractivity contribution is 7.18. The second-order valence-electron chi connectivity index (χ2n) is 6.83. The monoisotopic (exact) mass is 412 g/mol. The second-order valence-corrected chi connectivity index (χ2v) is 7.80. The van der Waals surface area contributed by atoms with E-state index >= 15 is 0 Å². The lowest BCUT2D eigenvalue weighted by molar-refractivity contribution is -0.134. The number of aliphatic carboxylic acids is 1. The zero-order valence-corrected chi connectivity index (χ0v) is 16.3. The lowest BCUT2D eigenvalue weighted by Gasteiger charge is -2.12. The molecule has 9 heteroatoms. The van der Waals surface area contributed by atoms with E-state index in [0.29, 0.717) is 35.2 Å². The number of carbonyl (C=O) groups is 2. The second kappa shape index (κ2) is 8.06. The molecule has 1 aliphatic heterocycles. The van der Waals surface area contributed by atoms with Crippen molar-refractivity contribution in [2.24, 2.45) is 0 Å². The summed E-state index contributed by atoms with van der Waals surface area (Å²) >= 11 is 1.18. The largest absolute Gasteiger partial charge is 0.480 e. The number of carboxylic acid groups (broad SMARTS) is 1. The first-order valence-electron chi connectivity index (χ1n) is 9.19. The number of amides is 1. The van der Waals surface area contributed by atoms with Gasteiger partial charge in [-0.1, -0.05) is 41.7 Å². The first-order chi connectivity index (χ1) is 14.0. The molecule has 0 saturated carbocycles. The number of benzene rings is 2. The van der Waals surface area contributed by atoms with Crippen molar-refractivity contribution in [3.63, 3.8) is 0 Å². The zero-order chi connectivity index (χ0) is 20.4. The van der Waals surface area contributed by atoms with Crippen LogP contribution in [0.2, 0.25) is 0 Å². The average molecular weight is 412 g/mol. The Balaban J connectivity index is 1.59. The SMILES string of the molecule is O=C(O)CNc1nc(N2CC[C@H](O)C2)sc1C(=O)Nc1ccc2ccccc2c1. The van der Waals surface area contributed by atoms with Crippen molar-refractivity contribution in [2.75, 3.05) is 35.2 Å². The van der Waals surface area contributed by atoms with Crippen LogP contribution in [0.1, 0.15) is 16.1 Å². The van der Waals surface area contributed by atoms with Gasteiger partial charge in [-0.05, 0) is 29.3 Å². The van der Waals surface area contributed by atoms with Gasteiger partial charge in [0, 0.05) is 18.8 Å². The molecule has 1 aromatic heterocycles. The molecule has 150 valence electrons. The highest BCUT2D eigenvalue weighted by Gasteiger charge is 2.26. The number of hydrogen-bond acceptors (Lipinski definition) is 7. The molecule has 0 spiro atoms. The van der Waals surface area contributed by atoms with E-state index < -0.39 is 12.1 Å². The Kier molecular flexibility index (Phi) is 5.32. The van der Waals surface area contributed by atoms with Crippen molar-refractivity contribution in [3.05, 3.63) is 47.3 Å². The topological polar surface area (TPSA) is 115 Å². The van der Waals surface area contributed by atoms with Crippen molar-refractivity contribution in [1.82, 2.24) is 4.98 Å². The fourth-order valence-corrected chi connectivity index (χ4v) is 4.22. The van der Waals surface area contributed by atoms with Gasteiger partial charge in [-0.25, -0.2) is 4.98 Å². The molecule has 4 rings (SSSR count). The smallest absolute Gasteiger partial charge is 0.322 e. The number of hydrogen-bond donors (Lipinski definition) is 4. The molecule has 1 atom stereocenters. The van der Waals surface area contributed by atoms with Gasteiger partial charge < -0.3 is 25.7 Å². The molecule has 1 aliphatic rings. The molecule has 1 fully saturated rings. The van der Waals surface area contributed by atoms with Crippen LogP contribution in [0.4, 0.5) is 16.6 Å². The van der Waals surface area contributed by atoms with E-state index in [0.717, 1.165) is 10.8 Å². The van der Waals surface area contributed by atoms with E-state index in [1.807, 2.05) is 47.4 Å². The maximum Gasteiger partial charge on any atom is 0.322 e. The molecule has 8 nitrogen and oxygen atoms in total. The summed E-state index contributed by atoms with van der Waals surface area (Å²) in [6.07, 6.45) is 0.208. The third-order valence-corrected chi connectivity index (χ3v) is 5.79. The Hall–Kier alpha value is -3.17. The van der Waals surface area contributed by atoms with Gasteiger partial charge in [-0.15, -0.1) is 0 Å². The van der Waals surface area contributed by atoms with Gasteiger partial charge in [0.15, 0.2) is 10.9 Å². The number of carbonyl (C=O) groups excluding carboxylic acids is 1. The third-order valence-electron chi connectivity index (χ3n) is 4.67. The van der Waals surface area contributed by atoms with E-state index in [1.54, 1.807) is 0 Å². The van der Waals surface area contributed by atoms with Crippen molar-refractivity contribution in [3.8, 4) is 0 Å². The maximum atomic E-state index is 12.9. The molecule has 0 radical (unpaired) electrons. The number of fused-ring (bicyclic) bond motifs is 1. The maximum absolute atomic E-state index is 12.9. The van der Waals surface area contributed by atoms with E-state index in [4.69, 9.17) is 5.11 Å². The zero-order valence-electron chi connectivity index (χ0n) is 15.5. The summed E-state index contributed by atoms with van der Waals surface area (Å²) in [6, 6.07) is 13.5. The van der Waals surface area contributed by atoms with Crippen molar-refractivity contribution < 1.29 is 19.8 Å². The highest BCUT2D eigenvalue weighted by Crippen LogP contribution is 2.33. The van der Waals surface area contributed by atoms with Crippen molar-refractivity contribution in [1.29, 1.82) is 0 Å². The van der Waals surface area contributed by atoms with E-state index in [9.17, 15) is 14.7 Å². The van der Waals surface area contributed by atoms with Gasteiger partial charge in [0.25, 0.3) is 5.91 Å². The summed E-state index contributed by atoms with van der Waals surface area (Å²) in [7, 11) is 0. The molecule has 0 unspecified atom stereocenters. The fraction of sp³-hybridized carbons (Fsp3) is 0.250. The fourth-order valence-electron chi connectivity index (χ4n) is 3.25. The van der Waals surface area contributed by atoms with Crippen LogP contribution < -0.4 is 15.5 Å². The summed E-state index contributed by atoms with van der Waals surface area (Å²) in [5.74, 6) is -1.18. The minimum Gasteiger partial charge on any atom is -0.480 e. The highest BCUT2D eigenvalue weighted by atomic mass is 32.1. The molecular formula is C20H20N4O4S. The van der Waals surface area contributed by atoms with Crippen molar-refractivity contribution >= 4 is 50.6 Å². The number of thiazole rings is 1. The Bertz CT molecular complexity index is 1070. The number of nitrogens with one attached hydrogen (secondary N) is 2. The predicted molar refractivity (Wildman–Crippen MR) is 113 cm³/mol. The number of rotatable bonds is 6. The summed E-state index contributed by atoms with van der Waals surface area (Å²) in [4.78, 5) is 30.5. The molecule has 0 bridgehead atoms. The Morgan fingerprint density at radius 2 is 2.00 bits per heavy atom. The quantitative estimate of drug-likeness (QED) is 0.492. The van der Waals surface area contributed by atoms with Crippen molar-refractivity contribution in [2.45, 2.75) is 12.5 Å². The van der Waals surface area contributed by atoms with Crippen LogP contribution in [0.25, 0.3) is 10.8 Å². The summed E-state index contributed by atoms with van der Waals surface area (Å²) < 4.78 is 0. The molecule has 2 aromatic carbocycles. The molecule has 0 aliphatic carbocycles. The van der Waals surface area contributed by atoms with Crippen LogP contribution >= 0.6 is 11.3 Å². The van der Waals surface area contributed by atoms with Gasteiger partial charge in [0.05, 0.1) is 6.10 Å². The normalized spacial score (nSPS) is 16.2. The minimum absolute atomic E-state index is 0.229. The van der Waals surface area contributed by atoms with E-state index in [-0.39, 0.29) is 18.3 Å². The number of β-amino-alcohol motifs (C(OH)–C–C–N with tert-alkyl or cyclic N) is 1. The molecule has 1 amide bonds. The van der Waals surface area contributed by atoms with Gasteiger partial charge in [0.1, 0.15) is 11.4 Å². The first kappa shape index (κ1) is 19.2. The number of nitrogens with zero attached hydrogens (tertiary/aromatic N) is 2. The summed E-state index contributed by atoms with van der Waals surface area (Å²) in [5, 5.41) is 27.0. The molecular weight excluding hydrogens is 392 g/mol. The molecule has 29 heavy (non-hydrogen) atoms. The Morgan fingerprint density at radius 3 is 2.72 bits per heavy atom. The number of carboxylic acids is 1. The van der Waals surface area contributed by atoms with Crippen LogP contribution in [0.3, 0.4) is 0 Å². The summed E-state index contributed by atoms with van der Waals surface area (Å²) in [5.41, 5.74) is 0.643. The predicted octanol–water partition coefficient (Wildman–Crippen LogP) is 2.62. The number of aliphatic hydroxyl groups excluding tert-OH is 1. The number of anilines is 3. The Morgan fingerprint density at radius 1 is 1.21 bits per heavy atom. The number of aliphatic hydroxyl groups is 1. The van der Waals surface area contributed by atoms with E-state index in [2.05, 4.69) is 15.6 Å². The average Bonchev–Trinajstić information content (AvgIpc) is 3.32. The van der Waals surface area contributed by atoms with Crippen LogP contribution in [0, 0.1) is 0 Å². The van der Waals surface area contributed by atoms with Crippen LogP contribution in [-0.2, 0) is 4.79 Å². The summed E-state index contributed by atoms with van der Waals surface area (Å²) in [6.45, 7) is 0.735. The third kappa shape index (κ3) is 4.30.